The molecule has 0 fully saturated rings. The second kappa shape index (κ2) is 4.94. The van der Waals surface area contributed by atoms with E-state index >= 15 is 0 Å². The van der Waals surface area contributed by atoms with E-state index in [2.05, 4.69) is 22.5 Å². The Hall–Kier alpha value is -2.40. The van der Waals surface area contributed by atoms with Gasteiger partial charge in [-0.1, -0.05) is 24.3 Å². The normalized spacial score (nSPS) is 13.2. The monoisotopic (exact) mass is 268 g/mol. The molecule has 1 aromatic carbocycles. The number of amides is 1. The number of rotatable bonds is 2. The number of carbonyl (C=O) groups is 1. The van der Waals surface area contributed by atoms with E-state index in [4.69, 9.17) is 5.84 Å². The number of fused-ring (bicyclic) bond motifs is 1. The van der Waals surface area contributed by atoms with E-state index in [0.29, 0.717) is 24.5 Å². The van der Waals surface area contributed by atoms with E-state index in [9.17, 15) is 4.79 Å². The second-order valence-corrected chi connectivity index (χ2v) is 4.96. The molecule has 0 aliphatic carbocycles. The van der Waals surface area contributed by atoms with Gasteiger partial charge < -0.3 is 10.3 Å². The van der Waals surface area contributed by atoms with E-state index in [0.717, 1.165) is 5.69 Å². The standard InChI is InChI=1S/C15H16N4O/c1-10-6-13(7-14(17-10)18-16)15(20)19-8-11-4-2-3-5-12(11)9-19/h2-7H,8-9,16H2,1H3,(H,17,18). The highest BCUT2D eigenvalue weighted by Crippen LogP contribution is 2.24. The van der Waals surface area contributed by atoms with Crippen LogP contribution < -0.4 is 11.3 Å². The fourth-order valence-corrected chi connectivity index (χ4v) is 2.53. The summed E-state index contributed by atoms with van der Waals surface area (Å²) in [6.07, 6.45) is 0. The molecule has 0 spiro atoms. The lowest BCUT2D eigenvalue weighted by Crippen LogP contribution is -2.25. The molecular formula is C15H16N4O. The molecule has 3 rings (SSSR count). The minimum atomic E-state index is 0.00296. The molecule has 0 radical (unpaired) electrons. The smallest absolute Gasteiger partial charge is 0.254 e. The molecule has 0 unspecified atom stereocenters. The van der Waals surface area contributed by atoms with Gasteiger partial charge in [0.05, 0.1) is 0 Å². The molecule has 5 nitrogen and oxygen atoms in total. The van der Waals surface area contributed by atoms with Crippen LogP contribution in [-0.2, 0) is 13.1 Å². The molecule has 1 amide bonds. The average Bonchev–Trinajstić information content (AvgIpc) is 2.89. The van der Waals surface area contributed by atoms with E-state index in [1.165, 1.54) is 11.1 Å². The maximum Gasteiger partial charge on any atom is 0.254 e. The first-order valence-electron chi connectivity index (χ1n) is 6.49. The number of nitrogens with zero attached hydrogens (tertiary/aromatic N) is 2. The zero-order valence-electron chi connectivity index (χ0n) is 11.3. The van der Waals surface area contributed by atoms with E-state index in [-0.39, 0.29) is 5.91 Å². The number of carbonyl (C=O) groups excluding carboxylic acids is 1. The summed E-state index contributed by atoms with van der Waals surface area (Å²) in [5.41, 5.74) is 6.29. The summed E-state index contributed by atoms with van der Waals surface area (Å²) in [5, 5.41) is 0. The van der Waals surface area contributed by atoms with E-state index in [1.807, 2.05) is 24.0 Å². The Labute approximate surface area is 117 Å². The topological polar surface area (TPSA) is 71.2 Å². The third-order valence-corrected chi connectivity index (χ3v) is 3.48. The maximum atomic E-state index is 12.6. The summed E-state index contributed by atoms with van der Waals surface area (Å²) in [4.78, 5) is 18.6. The zero-order valence-corrected chi connectivity index (χ0v) is 11.3. The van der Waals surface area contributed by atoms with Gasteiger partial charge in [0.2, 0.25) is 0 Å². The van der Waals surface area contributed by atoms with Crippen molar-refractivity contribution in [3.05, 3.63) is 58.8 Å². The van der Waals surface area contributed by atoms with Gasteiger partial charge in [0.15, 0.2) is 0 Å². The summed E-state index contributed by atoms with van der Waals surface area (Å²) in [7, 11) is 0. The van der Waals surface area contributed by atoms with Crippen LogP contribution in [0.15, 0.2) is 36.4 Å². The van der Waals surface area contributed by atoms with Gasteiger partial charge in [-0.05, 0) is 30.2 Å². The molecule has 3 N–H and O–H groups in total. The van der Waals surface area contributed by atoms with Crippen molar-refractivity contribution in [3.8, 4) is 0 Å². The Bertz CT molecular complexity index is 644. The van der Waals surface area contributed by atoms with Crippen LogP contribution in [0.2, 0.25) is 0 Å². The van der Waals surface area contributed by atoms with Gasteiger partial charge in [-0.3, -0.25) is 4.79 Å². The first kappa shape index (κ1) is 12.6. The van der Waals surface area contributed by atoms with Gasteiger partial charge in [0.1, 0.15) is 5.82 Å². The van der Waals surface area contributed by atoms with Gasteiger partial charge in [-0.25, -0.2) is 10.8 Å². The van der Waals surface area contributed by atoms with Crippen molar-refractivity contribution in [1.29, 1.82) is 0 Å². The fraction of sp³-hybridized carbons (Fsp3) is 0.200. The lowest BCUT2D eigenvalue weighted by molar-refractivity contribution is 0.0751. The Morgan fingerprint density at radius 1 is 1.25 bits per heavy atom. The molecule has 20 heavy (non-hydrogen) atoms. The Morgan fingerprint density at radius 2 is 1.90 bits per heavy atom. The number of nitrogen functional groups attached to an aromatic ring is 1. The highest BCUT2D eigenvalue weighted by atomic mass is 16.2. The Morgan fingerprint density at radius 3 is 2.50 bits per heavy atom. The number of aryl methyl sites for hydroxylation is 1. The van der Waals surface area contributed by atoms with Gasteiger partial charge in [-0.2, -0.15) is 0 Å². The first-order valence-corrected chi connectivity index (χ1v) is 6.49. The molecule has 1 aliphatic heterocycles. The van der Waals surface area contributed by atoms with Crippen LogP contribution in [0.4, 0.5) is 5.82 Å². The van der Waals surface area contributed by atoms with Crippen molar-refractivity contribution in [2.24, 2.45) is 5.84 Å². The molecule has 102 valence electrons. The Kier molecular flexibility index (Phi) is 3.12. The highest BCUT2D eigenvalue weighted by molar-refractivity contribution is 5.95. The van der Waals surface area contributed by atoms with Gasteiger partial charge >= 0.3 is 0 Å². The zero-order chi connectivity index (χ0) is 14.1. The molecular weight excluding hydrogens is 252 g/mol. The van der Waals surface area contributed by atoms with Crippen molar-refractivity contribution < 1.29 is 4.79 Å². The van der Waals surface area contributed by atoms with Crippen LogP contribution in [-0.4, -0.2) is 15.8 Å². The molecule has 0 atom stereocenters. The van der Waals surface area contributed by atoms with Crippen LogP contribution in [0.5, 0.6) is 0 Å². The number of nitrogens with one attached hydrogen (secondary N) is 1. The summed E-state index contributed by atoms with van der Waals surface area (Å²) in [5.74, 6) is 5.88. The van der Waals surface area contributed by atoms with Gasteiger partial charge in [0, 0.05) is 24.3 Å². The number of hydrogen-bond donors (Lipinski definition) is 2. The van der Waals surface area contributed by atoms with Crippen LogP contribution in [0.25, 0.3) is 0 Å². The summed E-state index contributed by atoms with van der Waals surface area (Å²) < 4.78 is 0. The maximum absolute atomic E-state index is 12.6. The third-order valence-electron chi connectivity index (χ3n) is 3.48. The minimum absolute atomic E-state index is 0.00296. The number of nitrogens with two attached hydrogens (primary N) is 1. The number of aromatic nitrogens is 1. The first-order chi connectivity index (χ1) is 9.67. The van der Waals surface area contributed by atoms with E-state index < -0.39 is 0 Å². The highest BCUT2D eigenvalue weighted by Gasteiger charge is 2.24. The molecule has 0 bridgehead atoms. The molecule has 2 heterocycles. The number of anilines is 1. The van der Waals surface area contributed by atoms with Gasteiger partial charge in [-0.15, -0.1) is 0 Å². The van der Waals surface area contributed by atoms with Crippen LogP contribution in [0.1, 0.15) is 27.2 Å². The molecule has 0 saturated carbocycles. The third kappa shape index (κ3) is 2.23. The van der Waals surface area contributed by atoms with E-state index in [1.54, 1.807) is 12.1 Å². The largest absolute Gasteiger partial charge is 0.330 e. The van der Waals surface area contributed by atoms with Crippen molar-refractivity contribution >= 4 is 11.7 Å². The van der Waals surface area contributed by atoms with Crippen LogP contribution in [0.3, 0.4) is 0 Å². The molecule has 0 saturated heterocycles. The van der Waals surface area contributed by atoms with Crippen molar-refractivity contribution in [1.82, 2.24) is 9.88 Å². The van der Waals surface area contributed by atoms with Crippen LogP contribution >= 0.6 is 0 Å². The average molecular weight is 268 g/mol. The van der Waals surface area contributed by atoms with Crippen molar-refractivity contribution in [3.63, 3.8) is 0 Å². The number of hydrazine groups is 1. The number of hydrogen-bond acceptors (Lipinski definition) is 4. The quantitative estimate of drug-likeness (QED) is 0.644. The fourth-order valence-electron chi connectivity index (χ4n) is 2.53. The number of benzene rings is 1. The predicted molar refractivity (Wildman–Crippen MR) is 76.8 cm³/mol. The lowest BCUT2D eigenvalue weighted by Gasteiger charge is -2.16. The second-order valence-electron chi connectivity index (χ2n) is 4.96. The molecule has 2 aromatic rings. The SMILES string of the molecule is Cc1cc(C(=O)N2Cc3ccccc3C2)cc(NN)n1. The lowest BCUT2D eigenvalue weighted by atomic mass is 10.1. The summed E-state index contributed by atoms with van der Waals surface area (Å²) >= 11 is 0. The summed E-state index contributed by atoms with van der Waals surface area (Å²) in [6.45, 7) is 3.15. The van der Waals surface area contributed by atoms with Crippen molar-refractivity contribution in [2.75, 3.05) is 5.43 Å². The van der Waals surface area contributed by atoms with Crippen LogP contribution in [0, 0.1) is 6.92 Å². The van der Waals surface area contributed by atoms with Crippen molar-refractivity contribution in [2.45, 2.75) is 20.0 Å². The number of pyridine rings is 1. The minimum Gasteiger partial charge on any atom is -0.330 e. The Balaban J connectivity index is 1.86. The van der Waals surface area contributed by atoms with Gasteiger partial charge in [0.25, 0.3) is 5.91 Å². The molecule has 1 aliphatic rings. The summed E-state index contributed by atoms with van der Waals surface area (Å²) in [6, 6.07) is 11.6. The predicted octanol–water partition coefficient (Wildman–Crippen LogP) is 1.83. The molecule has 5 heteroatoms. The molecule has 1 aromatic heterocycles.